The van der Waals surface area contributed by atoms with E-state index in [0.29, 0.717) is 29.8 Å². The van der Waals surface area contributed by atoms with Crippen molar-refractivity contribution in [2.75, 3.05) is 17.7 Å². The number of hydrogen-bond donors (Lipinski definition) is 3. The van der Waals surface area contributed by atoms with E-state index in [1.54, 1.807) is 55.6 Å². The third kappa shape index (κ3) is 6.74. The van der Waals surface area contributed by atoms with E-state index in [4.69, 9.17) is 10.5 Å². The number of carbonyl (C=O) groups is 2. The van der Waals surface area contributed by atoms with E-state index in [2.05, 4.69) is 10.6 Å². The van der Waals surface area contributed by atoms with Crippen LogP contribution in [0.5, 0.6) is 5.75 Å². The molecular formula is C19H24ClN3O3. The number of ether oxygens (including phenoxy) is 1. The second-order valence-electron chi connectivity index (χ2n) is 5.82. The van der Waals surface area contributed by atoms with Gasteiger partial charge in [0.15, 0.2) is 0 Å². The normalized spacial score (nSPS) is 11.0. The molecule has 6 nitrogen and oxygen atoms in total. The molecule has 0 aliphatic rings. The molecule has 0 saturated heterocycles. The van der Waals surface area contributed by atoms with Crippen LogP contribution in [0.3, 0.4) is 0 Å². The van der Waals surface area contributed by atoms with Gasteiger partial charge in [-0.05, 0) is 61.9 Å². The molecule has 0 heterocycles. The summed E-state index contributed by atoms with van der Waals surface area (Å²) in [7, 11) is 1.59. The van der Waals surface area contributed by atoms with E-state index < -0.39 is 0 Å². The molecule has 2 aromatic rings. The standard InChI is InChI=1S/C19H23N3O3.ClH/c1-13(20)3-12-18(23)21-15-6-4-14(5-7-15)19(24)22-16-8-10-17(25-2)11-9-16;/h4-11,13H,3,12,20H2,1-2H3,(H,21,23)(H,22,24);1H. The first kappa shape index (κ1) is 21.5. The zero-order valence-electron chi connectivity index (χ0n) is 14.8. The van der Waals surface area contributed by atoms with Gasteiger partial charge in [0, 0.05) is 29.4 Å². The largest absolute Gasteiger partial charge is 0.497 e. The second kappa shape index (κ2) is 10.4. The minimum absolute atomic E-state index is 0. The van der Waals surface area contributed by atoms with E-state index in [1.807, 2.05) is 6.92 Å². The van der Waals surface area contributed by atoms with Gasteiger partial charge in [0.25, 0.3) is 5.91 Å². The number of hydrogen-bond acceptors (Lipinski definition) is 4. The molecule has 140 valence electrons. The summed E-state index contributed by atoms with van der Waals surface area (Å²) >= 11 is 0. The Morgan fingerprint density at radius 1 is 1.00 bits per heavy atom. The summed E-state index contributed by atoms with van der Waals surface area (Å²) in [6.45, 7) is 1.86. The van der Waals surface area contributed by atoms with Crippen LogP contribution < -0.4 is 21.1 Å². The fourth-order valence-electron chi connectivity index (χ4n) is 2.16. The minimum Gasteiger partial charge on any atom is -0.497 e. The van der Waals surface area contributed by atoms with Crippen LogP contribution in [-0.2, 0) is 4.79 Å². The highest BCUT2D eigenvalue weighted by Crippen LogP contribution is 2.17. The summed E-state index contributed by atoms with van der Waals surface area (Å²) in [5.41, 5.74) is 7.47. The van der Waals surface area contributed by atoms with Crippen molar-refractivity contribution < 1.29 is 14.3 Å². The van der Waals surface area contributed by atoms with Gasteiger partial charge in [-0.3, -0.25) is 9.59 Å². The van der Waals surface area contributed by atoms with Gasteiger partial charge < -0.3 is 21.1 Å². The highest BCUT2D eigenvalue weighted by atomic mass is 35.5. The van der Waals surface area contributed by atoms with E-state index in [0.717, 1.165) is 5.75 Å². The number of anilines is 2. The Hall–Kier alpha value is -2.57. The molecular weight excluding hydrogens is 354 g/mol. The van der Waals surface area contributed by atoms with Crippen molar-refractivity contribution in [2.45, 2.75) is 25.8 Å². The van der Waals surface area contributed by atoms with Gasteiger partial charge in [0.1, 0.15) is 5.75 Å². The number of amides is 2. The predicted octanol–water partition coefficient (Wildman–Crippen LogP) is 3.44. The Morgan fingerprint density at radius 3 is 2.08 bits per heavy atom. The molecule has 2 amide bonds. The zero-order valence-corrected chi connectivity index (χ0v) is 15.6. The second-order valence-corrected chi connectivity index (χ2v) is 5.82. The average Bonchev–Trinajstić information content (AvgIpc) is 2.61. The smallest absolute Gasteiger partial charge is 0.255 e. The highest BCUT2D eigenvalue weighted by Gasteiger charge is 2.08. The topological polar surface area (TPSA) is 93.5 Å². The summed E-state index contributed by atoms with van der Waals surface area (Å²) in [5, 5.41) is 5.59. The van der Waals surface area contributed by atoms with Crippen molar-refractivity contribution in [2.24, 2.45) is 5.73 Å². The lowest BCUT2D eigenvalue weighted by molar-refractivity contribution is -0.116. The lowest BCUT2D eigenvalue weighted by Crippen LogP contribution is -2.19. The molecule has 0 saturated carbocycles. The summed E-state index contributed by atoms with van der Waals surface area (Å²) in [6.07, 6.45) is 1.01. The average molecular weight is 378 g/mol. The summed E-state index contributed by atoms with van der Waals surface area (Å²) in [6, 6.07) is 13.8. The number of nitrogens with two attached hydrogens (primary N) is 1. The Labute approximate surface area is 159 Å². The SMILES string of the molecule is COc1ccc(NC(=O)c2ccc(NC(=O)CCC(C)N)cc2)cc1.Cl. The van der Waals surface area contributed by atoms with Gasteiger partial charge in [0.2, 0.25) is 5.91 Å². The molecule has 0 fully saturated rings. The van der Waals surface area contributed by atoms with Crippen LogP contribution in [-0.4, -0.2) is 25.0 Å². The predicted molar refractivity (Wildman–Crippen MR) is 106 cm³/mol. The monoisotopic (exact) mass is 377 g/mol. The number of nitrogens with one attached hydrogen (secondary N) is 2. The van der Waals surface area contributed by atoms with Crippen LogP contribution >= 0.6 is 12.4 Å². The molecule has 0 aliphatic carbocycles. The molecule has 1 atom stereocenters. The van der Waals surface area contributed by atoms with Crippen LogP contribution in [0.1, 0.15) is 30.1 Å². The van der Waals surface area contributed by atoms with Crippen molar-refractivity contribution in [1.29, 1.82) is 0 Å². The van der Waals surface area contributed by atoms with Crippen LogP contribution in [0.15, 0.2) is 48.5 Å². The highest BCUT2D eigenvalue weighted by molar-refractivity contribution is 6.04. The van der Waals surface area contributed by atoms with Gasteiger partial charge in [-0.25, -0.2) is 0 Å². The third-order valence-corrected chi connectivity index (χ3v) is 3.61. The van der Waals surface area contributed by atoms with Crippen molar-refractivity contribution in [3.8, 4) is 5.75 Å². The molecule has 4 N–H and O–H groups in total. The Morgan fingerprint density at radius 2 is 1.54 bits per heavy atom. The minimum atomic E-state index is -0.222. The molecule has 0 spiro atoms. The quantitative estimate of drug-likeness (QED) is 0.689. The van der Waals surface area contributed by atoms with Gasteiger partial charge in [-0.2, -0.15) is 0 Å². The maximum Gasteiger partial charge on any atom is 0.255 e. The molecule has 0 bridgehead atoms. The van der Waals surface area contributed by atoms with Crippen LogP contribution in [0.4, 0.5) is 11.4 Å². The fraction of sp³-hybridized carbons (Fsp3) is 0.263. The molecule has 0 aromatic heterocycles. The molecule has 1 unspecified atom stereocenters. The first-order valence-electron chi connectivity index (χ1n) is 8.09. The van der Waals surface area contributed by atoms with E-state index in [1.165, 1.54) is 0 Å². The molecule has 0 aliphatic heterocycles. The van der Waals surface area contributed by atoms with Crippen LogP contribution in [0.2, 0.25) is 0 Å². The van der Waals surface area contributed by atoms with E-state index in [-0.39, 0.29) is 30.3 Å². The van der Waals surface area contributed by atoms with Gasteiger partial charge >= 0.3 is 0 Å². The first-order chi connectivity index (χ1) is 12.0. The van der Waals surface area contributed by atoms with Crippen LogP contribution in [0.25, 0.3) is 0 Å². The van der Waals surface area contributed by atoms with Crippen molar-refractivity contribution >= 4 is 35.6 Å². The Kier molecular flexibility index (Phi) is 8.61. The summed E-state index contributed by atoms with van der Waals surface area (Å²) < 4.78 is 5.08. The lowest BCUT2D eigenvalue weighted by atomic mass is 10.1. The van der Waals surface area contributed by atoms with Crippen molar-refractivity contribution in [1.82, 2.24) is 0 Å². The zero-order chi connectivity index (χ0) is 18.2. The Balaban J connectivity index is 0.00000338. The third-order valence-electron chi connectivity index (χ3n) is 3.61. The number of halogens is 1. The van der Waals surface area contributed by atoms with Gasteiger partial charge in [-0.15, -0.1) is 12.4 Å². The molecule has 2 aromatic carbocycles. The van der Waals surface area contributed by atoms with Gasteiger partial charge in [-0.1, -0.05) is 0 Å². The summed E-state index contributed by atoms with van der Waals surface area (Å²) in [4.78, 5) is 24.0. The summed E-state index contributed by atoms with van der Waals surface area (Å²) in [5.74, 6) is 0.412. The molecule has 26 heavy (non-hydrogen) atoms. The van der Waals surface area contributed by atoms with Crippen LogP contribution in [0, 0.1) is 0 Å². The lowest BCUT2D eigenvalue weighted by Gasteiger charge is -2.09. The Bertz CT molecular complexity index is 716. The molecule has 0 radical (unpaired) electrons. The number of rotatable bonds is 7. The number of benzene rings is 2. The molecule has 2 rings (SSSR count). The van der Waals surface area contributed by atoms with Crippen molar-refractivity contribution in [3.05, 3.63) is 54.1 Å². The van der Waals surface area contributed by atoms with E-state index >= 15 is 0 Å². The first-order valence-corrected chi connectivity index (χ1v) is 8.09. The maximum absolute atomic E-state index is 12.2. The van der Waals surface area contributed by atoms with Crippen molar-refractivity contribution in [3.63, 3.8) is 0 Å². The number of methoxy groups -OCH3 is 1. The number of carbonyl (C=O) groups excluding carboxylic acids is 2. The maximum atomic E-state index is 12.2. The fourth-order valence-corrected chi connectivity index (χ4v) is 2.16. The molecule has 7 heteroatoms. The van der Waals surface area contributed by atoms with E-state index in [9.17, 15) is 9.59 Å². The van der Waals surface area contributed by atoms with Gasteiger partial charge in [0.05, 0.1) is 7.11 Å².